The van der Waals surface area contributed by atoms with Crippen LogP contribution in [0.2, 0.25) is 0 Å². The molecule has 0 N–H and O–H groups in total. The molecule has 0 heterocycles. The van der Waals surface area contributed by atoms with E-state index < -0.39 is 0 Å². The smallest absolute Gasteiger partial charge is 0.0157 e. The second-order valence-electron chi connectivity index (χ2n) is 6.78. The van der Waals surface area contributed by atoms with Gasteiger partial charge in [-0.05, 0) is 47.6 Å². The van der Waals surface area contributed by atoms with E-state index in [9.17, 15) is 0 Å². The van der Waals surface area contributed by atoms with Crippen LogP contribution >= 0.6 is 0 Å². The zero-order valence-electron chi connectivity index (χ0n) is 13.0. The normalized spacial score (nSPS) is 12.1. The molecule has 0 aromatic heterocycles. The highest BCUT2D eigenvalue weighted by atomic mass is 14.2. The van der Waals surface area contributed by atoms with E-state index in [4.69, 9.17) is 0 Å². The maximum absolute atomic E-state index is 2.35. The van der Waals surface area contributed by atoms with E-state index in [-0.39, 0.29) is 0 Å². The van der Waals surface area contributed by atoms with E-state index in [0.717, 1.165) is 17.8 Å². The predicted octanol–water partition coefficient (Wildman–Crippen LogP) is 5.99. The lowest BCUT2D eigenvalue weighted by Gasteiger charge is -2.22. The van der Waals surface area contributed by atoms with Gasteiger partial charge in [0.2, 0.25) is 0 Å². The molecule has 0 unspecified atom stereocenters. The molecule has 18 heavy (non-hydrogen) atoms. The van der Waals surface area contributed by atoms with Crippen molar-refractivity contribution < 1.29 is 0 Å². The summed E-state index contributed by atoms with van der Waals surface area (Å²) >= 11 is 0. The van der Waals surface area contributed by atoms with Gasteiger partial charge in [0.25, 0.3) is 0 Å². The van der Waals surface area contributed by atoms with Gasteiger partial charge in [-0.2, -0.15) is 0 Å². The molecule has 0 saturated heterocycles. The van der Waals surface area contributed by atoms with Crippen molar-refractivity contribution in [2.75, 3.05) is 0 Å². The van der Waals surface area contributed by atoms with Gasteiger partial charge in [0.15, 0.2) is 0 Å². The predicted molar refractivity (Wildman–Crippen MR) is 82.2 cm³/mol. The van der Waals surface area contributed by atoms with Crippen molar-refractivity contribution in [2.24, 2.45) is 11.8 Å². The minimum absolute atomic E-state index is 0.632. The lowest BCUT2D eigenvalue weighted by Crippen LogP contribution is -2.07. The summed E-state index contributed by atoms with van der Waals surface area (Å²) in [5, 5.41) is 0. The molecule has 0 fully saturated rings. The Labute approximate surface area is 114 Å². The van der Waals surface area contributed by atoms with Crippen LogP contribution in [0.4, 0.5) is 0 Å². The highest BCUT2D eigenvalue weighted by Crippen LogP contribution is 2.31. The summed E-state index contributed by atoms with van der Waals surface area (Å²) in [6, 6.07) is 9.33. The molecule has 0 saturated carbocycles. The van der Waals surface area contributed by atoms with Crippen molar-refractivity contribution >= 4 is 0 Å². The van der Waals surface area contributed by atoms with Crippen molar-refractivity contribution in [1.29, 1.82) is 0 Å². The van der Waals surface area contributed by atoms with Crippen LogP contribution in [0, 0.1) is 11.8 Å². The van der Waals surface area contributed by atoms with E-state index in [1.807, 2.05) is 0 Å². The van der Waals surface area contributed by atoms with Gasteiger partial charge in [-0.1, -0.05) is 65.8 Å². The van der Waals surface area contributed by atoms with Crippen LogP contribution in [0.3, 0.4) is 0 Å². The van der Waals surface area contributed by atoms with Gasteiger partial charge in [-0.15, -0.1) is 0 Å². The molecule has 0 heteroatoms. The monoisotopic (exact) mass is 246 g/mol. The Morgan fingerprint density at radius 3 is 1.39 bits per heavy atom. The highest BCUT2D eigenvalue weighted by molar-refractivity contribution is 5.27. The zero-order chi connectivity index (χ0) is 13.7. The van der Waals surface area contributed by atoms with Crippen LogP contribution < -0.4 is 0 Å². The molecular formula is C18H30. The molecule has 0 amide bonds. The Bertz CT molecular complexity index is 320. The Morgan fingerprint density at radius 2 is 1.06 bits per heavy atom. The van der Waals surface area contributed by atoms with E-state index in [2.05, 4.69) is 65.8 Å². The van der Waals surface area contributed by atoms with Crippen molar-refractivity contribution in [3.05, 3.63) is 35.4 Å². The lowest BCUT2D eigenvalue weighted by atomic mass is 9.83. The summed E-state index contributed by atoms with van der Waals surface area (Å²) in [4.78, 5) is 0. The summed E-state index contributed by atoms with van der Waals surface area (Å²) in [6.45, 7) is 13.8. The first kappa shape index (κ1) is 15.3. The molecule has 0 aliphatic rings. The fourth-order valence-corrected chi connectivity index (χ4v) is 2.66. The largest absolute Gasteiger partial charge is 0.0628 e. The molecule has 0 aliphatic carbocycles. The third-order valence-electron chi connectivity index (χ3n) is 3.59. The van der Waals surface area contributed by atoms with E-state index in [0.29, 0.717) is 5.92 Å². The fourth-order valence-electron chi connectivity index (χ4n) is 2.66. The van der Waals surface area contributed by atoms with Gasteiger partial charge in [-0.25, -0.2) is 0 Å². The Kier molecular flexibility index (Phi) is 5.91. The van der Waals surface area contributed by atoms with Crippen LogP contribution in [0.5, 0.6) is 0 Å². The van der Waals surface area contributed by atoms with Gasteiger partial charge in [0.05, 0.1) is 0 Å². The Hall–Kier alpha value is -0.780. The van der Waals surface area contributed by atoms with E-state index in [1.54, 1.807) is 0 Å². The lowest BCUT2D eigenvalue weighted by molar-refractivity contribution is 0.423. The first-order valence-electron chi connectivity index (χ1n) is 7.50. The maximum Gasteiger partial charge on any atom is -0.0157 e. The summed E-state index contributed by atoms with van der Waals surface area (Å²) < 4.78 is 0. The SMILES string of the molecule is CC(C)CC(CC(C)C)c1ccc(C(C)C)cc1. The van der Waals surface area contributed by atoms with Crippen molar-refractivity contribution in [3.63, 3.8) is 0 Å². The quantitative estimate of drug-likeness (QED) is 0.578. The van der Waals surface area contributed by atoms with E-state index in [1.165, 1.54) is 24.0 Å². The molecule has 0 radical (unpaired) electrons. The van der Waals surface area contributed by atoms with Gasteiger partial charge in [0.1, 0.15) is 0 Å². The molecular weight excluding hydrogens is 216 g/mol. The number of hydrogen-bond acceptors (Lipinski definition) is 0. The third-order valence-corrected chi connectivity index (χ3v) is 3.59. The second kappa shape index (κ2) is 6.97. The fraction of sp³-hybridized carbons (Fsp3) is 0.667. The van der Waals surface area contributed by atoms with Gasteiger partial charge >= 0.3 is 0 Å². The molecule has 102 valence electrons. The molecule has 1 aromatic carbocycles. The number of hydrogen-bond donors (Lipinski definition) is 0. The van der Waals surface area contributed by atoms with E-state index >= 15 is 0 Å². The Morgan fingerprint density at radius 1 is 0.667 bits per heavy atom. The molecule has 0 atom stereocenters. The second-order valence-corrected chi connectivity index (χ2v) is 6.78. The molecule has 0 nitrogen and oxygen atoms in total. The summed E-state index contributed by atoms with van der Waals surface area (Å²) in [5.41, 5.74) is 2.98. The van der Waals surface area contributed by atoms with Crippen LogP contribution in [-0.2, 0) is 0 Å². The molecule has 0 bridgehead atoms. The summed E-state index contributed by atoms with van der Waals surface area (Å²) in [5.74, 6) is 2.91. The first-order valence-corrected chi connectivity index (χ1v) is 7.50. The van der Waals surface area contributed by atoms with Crippen LogP contribution in [0.25, 0.3) is 0 Å². The van der Waals surface area contributed by atoms with Gasteiger partial charge in [-0.3, -0.25) is 0 Å². The standard InChI is InChI=1S/C18H30/c1-13(2)11-18(12-14(3)4)17-9-7-16(8-10-17)15(5)6/h7-10,13-15,18H,11-12H2,1-6H3. The molecule has 1 rings (SSSR count). The molecule has 0 spiro atoms. The van der Waals surface area contributed by atoms with Crippen molar-refractivity contribution in [3.8, 4) is 0 Å². The summed E-state index contributed by atoms with van der Waals surface area (Å²) in [7, 11) is 0. The minimum atomic E-state index is 0.632. The first-order chi connectivity index (χ1) is 8.40. The van der Waals surface area contributed by atoms with Crippen LogP contribution in [0.1, 0.15) is 77.3 Å². The van der Waals surface area contributed by atoms with Crippen LogP contribution in [-0.4, -0.2) is 0 Å². The van der Waals surface area contributed by atoms with Gasteiger partial charge < -0.3 is 0 Å². The highest BCUT2D eigenvalue weighted by Gasteiger charge is 2.15. The minimum Gasteiger partial charge on any atom is -0.0628 e. The Balaban J connectivity index is 2.83. The average Bonchev–Trinajstić information content (AvgIpc) is 2.27. The number of rotatable bonds is 6. The van der Waals surface area contributed by atoms with Crippen LogP contribution in [0.15, 0.2) is 24.3 Å². The summed E-state index contributed by atoms with van der Waals surface area (Å²) in [6.07, 6.45) is 2.61. The van der Waals surface area contributed by atoms with Crippen molar-refractivity contribution in [2.45, 2.75) is 66.2 Å². The maximum atomic E-state index is 2.35. The van der Waals surface area contributed by atoms with Gasteiger partial charge in [0, 0.05) is 0 Å². The number of benzene rings is 1. The molecule has 0 aliphatic heterocycles. The third kappa shape index (κ3) is 4.84. The average molecular weight is 246 g/mol. The van der Waals surface area contributed by atoms with Crippen molar-refractivity contribution in [1.82, 2.24) is 0 Å². The molecule has 1 aromatic rings. The topological polar surface area (TPSA) is 0 Å². The zero-order valence-corrected chi connectivity index (χ0v) is 13.0.